The first kappa shape index (κ1) is 9.62. The predicted octanol–water partition coefficient (Wildman–Crippen LogP) is 1.52. The number of aromatic nitrogens is 1. The van der Waals surface area contributed by atoms with E-state index in [1.807, 2.05) is 24.5 Å². The van der Waals surface area contributed by atoms with Crippen LogP contribution < -0.4 is 5.32 Å². The van der Waals surface area contributed by atoms with Crippen molar-refractivity contribution in [2.45, 2.75) is 25.5 Å². The molecule has 0 spiro atoms. The SMILES string of the molecule is CC1(C)NCCOC1c1ccncc1. The van der Waals surface area contributed by atoms with E-state index in [1.54, 1.807) is 0 Å². The fraction of sp³-hybridized carbons (Fsp3) is 0.545. The molecule has 14 heavy (non-hydrogen) atoms. The van der Waals surface area contributed by atoms with E-state index in [1.165, 1.54) is 5.56 Å². The Labute approximate surface area is 84.5 Å². The summed E-state index contributed by atoms with van der Waals surface area (Å²) >= 11 is 0. The van der Waals surface area contributed by atoms with Crippen molar-refractivity contribution in [1.82, 2.24) is 10.3 Å². The second kappa shape index (κ2) is 3.67. The van der Waals surface area contributed by atoms with Gasteiger partial charge in [0.2, 0.25) is 0 Å². The minimum atomic E-state index is -0.000394. The van der Waals surface area contributed by atoms with Gasteiger partial charge in [0.1, 0.15) is 6.10 Å². The van der Waals surface area contributed by atoms with E-state index in [2.05, 4.69) is 24.1 Å². The highest BCUT2D eigenvalue weighted by Gasteiger charge is 2.33. The van der Waals surface area contributed by atoms with E-state index in [0.29, 0.717) is 0 Å². The number of pyridine rings is 1. The van der Waals surface area contributed by atoms with Crippen molar-refractivity contribution >= 4 is 0 Å². The van der Waals surface area contributed by atoms with Crippen molar-refractivity contribution in [3.05, 3.63) is 30.1 Å². The number of ether oxygens (including phenoxy) is 1. The van der Waals surface area contributed by atoms with Crippen molar-refractivity contribution in [2.75, 3.05) is 13.2 Å². The molecule has 1 aliphatic rings. The molecule has 1 aromatic rings. The zero-order chi connectivity index (χ0) is 10.0. The molecular formula is C11H16N2O. The Balaban J connectivity index is 2.24. The molecule has 1 saturated heterocycles. The van der Waals surface area contributed by atoms with Crippen LogP contribution in [0.1, 0.15) is 25.5 Å². The maximum absolute atomic E-state index is 5.79. The fourth-order valence-corrected chi connectivity index (χ4v) is 1.90. The maximum Gasteiger partial charge on any atom is 0.100 e. The quantitative estimate of drug-likeness (QED) is 0.732. The van der Waals surface area contributed by atoms with Crippen molar-refractivity contribution in [3.8, 4) is 0 Å². The zero-order valence-electron chi connectivity index (χ0n) is 8.66. The van der Waals surface area contributed by atoms with Gasteiger partial charge in [0.05, 0.1) is 6.61 Å². The normalized spacial score (nSPS) is 26.0. The predicted molar refractivity (Wildman–Crippen MR) is 55.0 cm³/mol. The van der Waals surface area contributed by atoms with Crippen molar-refractivity contribution < 1.29 is 4.74 Å². The van der Waals surface area contributed by atoms with Crippen molar-refractivity contribution in [3.63, 3.8) is 0 Å². The first-order valence-electron chi connectivity index (χ1n) is 4.97. The van der Waals surface area contributed by atoms with Gasteiger partial charge in [0.25, 0.3) is 0 Å². The van der Waals surface area contributed by atoms with Crippen molar-refractivity contribution in [1.29, 1.82) is 0 Å². The summed E-state index contributed by atoms with van der Waals surface area (Å²) in [5, 5.41) is 3.46. The minimum absolute atomic E-state index is 0.000394. The van der Waals surface area contributed by atoms with E-state index in [0.717, 1.165) is 13.2 Å². The topological polar surface area (TPSA) is 34.1 Å². The number of hydrogen-bond donors (Lipinski definition) is 1. The lowest BCUT2D eigenvalue weighted by Crippen LogP contribution is -2.51. The van der Waals surface area contributed by atoms with Gasteiger partial charge in [-0.25, -0.2) is 0 Å². The summed E-state index contributed by atoms with van der Waals surface area (Å²) in [6.45, 7) is 6.03. The van der Waals surface area contributed by atoms with E-state index < -0.39 is 0 Å². The molecule has 1 atom stereocenters. The third kappa shape index (κ3) is 1.79. The first-order valence-corrected chi connectivity index (χ1v) is 4.97. The molecule has 0 bridgehead atoms. The molecule has 3 nitrogen and oxygen atoms in total. The molecule has 0 aliphatic carbocycles. The largest absolute Gasteiger partial charge is 0.370 e. The molecule has 1 aromatic heterocycles. The molecule has 2 rings (SSSR count). The zero-order valence-corrected chi connectivity index (χ0v) is 8.66. The molecule has 1 N–H and O–H groups in total. The van der Waals surface area contributed by atoms with Crippen molar-refractivity contribution in [2.24, 2.45) is 0 Å². The van der Waals surface area contributed by atoms with Crippen LogP contribution >= 0.6 is 0 Å². The molecule has 0 amide bonds. The standard InChI is InChI=1S/C11H16N2O/c1-11(2)10(14-8-7-13-11)9-3-5-12-6-4-9/h3-6,10,13H,7-8H2,1-2H3. The van der Waals surface area contributed by atoms with E-state index in [9.17, 15) is 0 Å². The minimum Gasteiger partial charge on any atom is -0.370 e. The van der Waals surface area contributed by atoms with Gasteiger partial charge in [-0.1, -0.05) is 0 Å². The highest BCUT2D eigenvalue weighted by molar-refractivity contribution is 5.18. The Morgan fingerprint density at radius 2 is 2.14 bits per heavy atom. The summed E-state index contributed by atoms with van der Waals surface area (Å²) < 4.78 is 5.79. The summed E-state index contributed by atoms with van der Waals surface area (Å²) in [4.78, 5) is 4.01. The summed E-state index contributed by atoms with van der Waals surface area (Å²) in [5.41, 5.74) is 1.19. The van der Waals surface area contributed by atoms with Gasteiger partial charge in [0.15, 0.2) is 0 Å². The van der Waals surface area contributed by atoms with Crippen LogP contribution in [0.4, 0.5) is 0 Å². The summed E-state index contributed by atoms with van der Waals surface area (Å²) in [6.07, 6.45) is 3.74. The summed E-state index contributed by atoms with van der Waals surface area (Å²) in [7, 11) is 0. The highest BCUT2D eigenvalue weighted by Crippen LogP contribution is 2.30. The maximum atomic E-state index is 5.79. The summed E-state index contributed by atoms with van der Waals surface area (Å²) in [5.74, 6) is 0. The number of nitrogens with zero attached hydrogens (tertiary/aromatic N) is 1. The molecule has 0 aromatic carbocycles. The molecule has 76 valence electrons. The second-order valence-corrected chi connectivity index (χ2v) is 4.18. The Kier molecular flexibility index (Phi) is 2.52. The van der Waals surface area contributed by atoms with Gasteiger partial charge < -0.3 is 10.1 Å². The van der Waals surface area contributed by atoms with Crippen LogP contribution in [0.25, 0.3) is 0 Å². The molecule has 2 heterocycles. The lowest BCUT2D eigenvalue weighted by atomic mass is 9.90. The highest BCUT2D eigenvalue weighted by atomic mass is 16.5. The van der Waals surface area contributed by atoms with Gasteiger partial charge in [-0.3, -0.25) is 4.98 Å². The molecule has 0 saturated carbocycles. The number of rotatable bonds is 1. The van der Waals surface area contributed by atoms with Crippen LogP contribution in [0.3, 0.4) is 0 Å². The van der Waals surface area contributed by atoms with Crippen LogP contribution in [0.15, 0.2) is 24.5 Å². The Morgan fingerprint density at radius 3 is 2.79 bits per heavy atom. The third-order valence-electron chi connectivity index (χ3n) is 2.63. The fourth-order valence-electron chi connectivity index (χ4n) is 1.90. The molecule has 1 fully saturated rings. The van der Waals surface area contributed by atoms with Crippen LogP contribution in [-0.2, 0) is 4.74 Å². The van der Waals surface area contributed by atoms with Gasteiger partial charge in [-0.2, -0.15) is 0 Å². The molecular weight excluding hydrogens is 176 g/mol. The van der Waals surface area contributed by atoms with Gasteiger partial charge >= 0.3 is 0 Å². The second-order valence-electron chi connectivity index (χ2n) is 4.18. The average molecular weight is 192 g/mol. The third-order valence-corrected chi connectivity index (χ3v) is 2.63. The average Bonchev–Trinajstić information content (AvgIpc) is 2.18. The van der Waals surface area contributed by atoms with E-state index in [4.69, 9.17) is 4.74 Å². The van der Waals surface area contributed by atoms with E-state index >= 15 is 0 Å². The van der Waals surface area contributed by atoms with E-state index in [-0.39, 0.29) is 11.6 Å². The van der Waals surface area contributed by atoms with Gasteiger partial charge in [-0.05, 0) is 31.5 Å². The van der Waals surface area contributed by atoms with Crippen LogP contribution in [0.2, 0.25) is 0 Å². The lowest BCUT2D eigenvalue weighted by molar-refractivity contribution is -0.0388. The molecule has 3 heteroatoms. The Morgan fingerprint density at radius 1 is 1.43 bits per heavy atom. The monoisotopic (exact) mass is 192 g/mol. The molecule has 1 unspecified atom stereocenters. The first-order chi connectivity index (χ1) is 6.70. The summed E-state index contributed by atoms with van der Waals surface area (Å²) in [6, 6.07) is 4.03. The number of nitrogens with one attached hydrogen (secondary N) is 1. The molecule has 0 radical (unpaired) electrons. The Bertz CT molecular complexity index is 297. The van der Waals surface area contributed by atoms with Gasteiger partial charge in [-0.15, -0.1) is 0 Å². The number of morpholine rings is 1. The lowest BCUT2D eigenvalue weighted by Gasteiger charge is -2.39. The number of hydrogen-bond acceptors (Lipinski definition) is 3. The molecule has 1 aliphatic heterocycles. The smallest absolute Gasteiger partial charge is 0.100 e. The van der Waals surface area contributed by atoms with Crippen LogP contribution in [-0.4, -0.2) is 23.7 Å². The van der Waals surface area contributed by atoms with Crippen LogP contribution in [0.5, 0.6) is 0 Å². The van der Waals surface area contributed by atoms with Crippen LogP contribution in [0, 0.1) is 0 Å². The Hall–Kier alpha value is -0.930. The van der Waals surface area contributed by atoms with Gasteiger partial charge in [0, 0.05) is 24.5 Å².